The molecule has 0 spiro atoms. The van der Waals surface area contributed by atoms with Gasteiger partial charge in [0.25, 0.3) is 0 Å². The minimum atomic E-state index is 0.420. The molecule has 1 heterocycles. The van der Waals surface area contributed by atoms with Gasteiger partial charge in [-0.15, -0.1) is 0 Å². The SMILES string of the molecule is CCCCCCCCC=CCCCCCCCCOCC1CO1. The average Bonchev–Trinajstić information content (AvgIpc) is 3.38. The molecule has 0 aliphatic carbocycles. The molecular weight excluding hydrogens is 284 g/mol. The van der Waals surface area contributed by atoms with E-state index < -0.39 is 0 Å². The molecule has 0 aromatic heterocycles. The molecule has 1 aliphatic rings. The fourth-order valence-corrected chi connectivity index (χ4v) is 2.83. The van der Waals surface area contributed by atoms with Crippen LogP contribution in [0.25, 0.3) is 0 Å². The molecule has 1 saturated heterocycles. The summed E-state index contributed by atoms with van der Waals surface area (Å²) in [6, 6.07) is 0. The van der Waals surface area contributed by atoms with E-state index in [9.17, 15) is 0 Å². The van der Waals surface area contributed by atoms with Crippen molar-refractivity contribution in [3.8, 4) is 0 Å². The summed E-state index contributed by atoms with van der Waals surface area (Å²) in [5.74, 6) is 0. The first-order chi connectivity index (χ1) is 11.4. The van der Waals surface area contributed by atoms with Gasteiger partial charge in [-0.25, -0.2) is 0 Å². The largest absolute Gasteiger partial charge is 0.379 e. The van der Waals surface area contributed by atoms with Crippen LogP contribution < -0.4 is 0 Å². The molecule has 0 radical (unpaired) electrons. The van der Waals surface area contributed by atoms with Gasteiger partial charge in [-0.3, -0.25) is 0 Å². The number of rotatable bonds is 18. The van der Waals surface area contributed by atoms with Gasteiger partial charge in [0.05, 0.1) is 13.2 Å². The molecule has 136 valence electrons. The Balaban J connectivity index is 1.65. The van der Waals surface area contributed by atoms with Gasteiger partial charge >= 0.3 is 0 Å². The van der Waals surface area contributed by atoms with Crippen LogP contribution in [0.2, 0.25) is 0 Å². The van der Waals surface area contributed by atoms with Gasteiger partial charge in [-0.05, 0) is 32.1 Å². The average molecular weight is 325 g/mol. The molecule has 2 nitrogen and oxygen atoms in total. The van der Waals surface area contributed by atoms with Gasteiger partial charge in [0.2, 0.25) is 0 Å². The van der Waals surface area contributed by atoms with E-state index in [0.29, 0.717) is 6.10 Å². The Bertz CT molecular complexity index is 259. The quantitative estimate of drug-likeness (QED) is 0.164. The summed E-state index contributed by atoms with van der Waals surface area (Å²) in [5.41, 5.74) is 0. The van der Waals surface area contributed by atoms with Crippen LogP contribution in [-0.4, -0.2) is 25.9 Å². The highest BCUT2D eigenvalue weighted by molar-refractivity contribution is 4.81. The van der Waals surface area contributed by atoms with Crippen molar-refractivity contribution in [1.82, 2.24) is 0 Å². The lowest BCUT2D eigenvalue weighted by Gasteiger charge is -2.02. The molecule has 1 rings (SSSR count). The third-order valence-corrected chi connectivity index (χ3v) is 4.51. The van der Waals surface area contributed by atoms with Crippen molar-refractivity contribution < 1.29 is 9.47 Å². The Kier molecular flexibility index (Phi) is 14.9. The molecule has 0 N–H and O–H groups in total. The molecule has 0 aromatic rings. The van der Waals surface area contributed by atoms with Gasteiger partial charge in [0.1, 0.15) is 6.10 Å². The zero-order valence-corrected chi connectivity index (χ0v) is 15.6. The lowest BCUT2D eigenvalue weighted by molar-refractivity contribution is 0.113. The summed E-state index contributed by atoms with van der Waals surface area (Å²) in [4.78, 5) is 0. The summed E-state index contributed by atoms with van der Waals surface area (Å²) in [6.07, 6.45) is 24.3. The Morgan fingerprint density at radius 1 is 0.783 bits per heavy atom. The molecule has 1 atom stereocenters. The highest BCUT2D eigenvalue weighted by Gasteiger charge is 2.21. The first-order valence-corrected chi connectivity index (χ1v) is 10.3. The van der Waals surface area contributed by atoms with Crippen LogP contribution in [0.3, 0.4) is 0 Å². The summed E-state index contributed by atoms with van der Waals surface area (Å²) in [6.45, 7) is 4.92. The molecule has 0 bridgehead atoms. The van der Waals surface area contributed by atoms with Gasteiger partial charge in [0.15, 0.2) is 0 Å². The molecule has 0 aromatic carbocycles. The minimum Gasteiger partial charge on any atom is -0.379 e. The molecule has 1 fully saturated rings. The number of allylic oxidation sites excluding steroid dienone is 2. The van der Waals surface area contributed by atoms with Crippen LogP contribution in [0.1, 0.15) is 96.8 Å². The first-order valence-electron chi connectivity index (χ1n) is 10.3. The van der Waals surface area contributed by atoms with Crippen molar-refractivity contribution in [3.63, 3.8) is 0 Å². The predicted molar refractivity (Wildman–Crippen MR) is 100 cm³/mol. The van der Waals surface area contributed by atoms with Crippen molar-refractivity contribution in [1.29, 1.82) is 0 Å². The second kappa shape index (κ2) is 16.5. The predicted octanol–water partition coefficient (Wildman–Crippen LogP) is 6.44. The lowest BCUT2D eigenvalue weighted by atomic mass is 10.1. The standard InChI is InChI=1S/C21H40O2/c1-2-3-4-5-6-7-8-9-10-11-12-13-14-15-16-17-18-22-19-21-20-23-21/h9-10,21H,2-8,11-20H2,1H3. The number of hydrogen-bond donors (Lipinski definition) is 0. The van der Waals surface area contributed by atoms with E-state index in [4.69, 9.17) is 9.47 Å². The number of hydrogen-bond acceptors (Lipinski definition) is 2. The molecule has 2 heteroatoms. The van der Waals surface area contributed by atoms with Gasteiger partial charge in [-0.1, -0.05) is 76.9 Å². The summed E-state index contributed by atoms with van der Waals surface area (Å²) >= 11 is 0. The summed E-state index contributed by atoms with van der Waals surface area (Å²) < 4.78 is 10.7. The van der Waals surface area contributed by atoms with Crippen LogP contribution in [0.5, 0.6) is 0 Å². The summed E-state index contributed by atoms with van der Waals surface area (Å²) in [5, 5.41) is 0. The van der Waals surface area contributed by atoms with Crippen molar-refractivity contribution in [2.45, 2.75) is 103 Å². The second-order valence-corrected chi connectivity index (χ2v) is 6.97. The van der Waals surface area contributed by atoms with Crippen LogP contribution in [0.15, 0.2) is 12.2 Å². The van der Waals surface area contributed by atoms with E-state index in [0.717, 1.165) is 19.8 Å². The highest BCUT2D eigenvalue weighted by atomic mass is 16.6. The zero-order valence-electron chi connectivity index (χ0n) is 15.6. The Hall–Kier alpha value is -0.340. The maximum atomic E-state index is 5.54. The Morgan fingerprint density at radius 3 is 1.87 bits per heavy atom. The minimum absolute atomic E-state index is 0.420. The fraction of sp³-hybridized carbons (Fsp3) is 0.905. The van der Waals surface area contributed by atoms with Gasteiger partial charge < -0.3 is 9.47 Å². The van der Waals surface area contributed by atoms with Crippen LogP contribution in [-0.2, 0) is 9.47 Å². The lowest BCUT2D eigenvalue weighted by Crippen LogP contribution is -2.02. The third kappa shape index (κ3) is 16.3. The van der Waals surface area contributed by atoms with Gasteiger partial charge in [0, 0.05) is 6.61 Å². The number of epoxide rings is 1. The maximum Gasteiger partial charge on any atom is 0.104 e. The summed E-state index contributed by atoms with van der Waals surface area (Å²) in [7, 11) is 0. The zero-order chi connectivity index (χ0) is 16.4. The van der Waals surface area contributed by atoms with E-state index in [2.05, 4.69) is 19.1 Å². The highest BCUT2D eigenvalue weighted by Crippen LogP contribution is 2.11. The molecular formula is C21H40O2. The van der Waals surface area contributed by atoms with E-state index >= 15 is 0 Å². The fourth-order valence-electron chi connectivity index (χ4n) is 2.83. The number of unbranched alkanes of at least 4 members (excludes halogenated alkanes) is 12. The second-order valence-electron chi connectivity index (χ2n) is 6.97. The molecule has 0 amide bonds. The topological polar surface area (TPSA) is 21.8 Å². The molecule has 0 saturated carbocycles. The van der Waals surface area contributed by atoms with Crippen molar-refractivity contribution in [3.05, 3.63) is 12.2 Å². The van der Waals surface area contributed by atoms with Crippen LogP contribution >= 0.6 is 0 Å². The van der Waals surface area contributed by atoms with E-state index in [1.165, 1.54) is 89.9 Å². The molecule has 1 aliphatic heterocycles. The molecule has 1 unspecified atom stereocenters. The Morgan fingerprint density at radius 2 is 1.30 bits per heavy atom. The third-order valence-electron chi connectivity index (χ3n) is 4.51. The van der Waals surface area contributed by atoms with Crippen LogP contribution in [0, 0.1) is 0 Å². The monoisotopic (exact) mass is 324 g/mol. The van der Waals surface area contributed by atoms with Crippen molar-refractivity contribution >= 4 is 0 Å². The van der Waals surface area contributed by atoms with Crippen LogP contribution in [0.4, 0.5) is 0 Å². The van der Waals surface area contributed by atoms with E-state index in [-0.39, 0.29) is 0 Å². The Labute approximate surface area is 145 Å². The van der Waals surface area contributed by atoms with E-state index in [1.54, 1.807) is 0 Å². The maximum absolute atomic E-state index is 5.54. The smallest absolute Gasteiger partial charge is 0.104 e. The van der Waals surface area contributed by atoms with Crippen molar-refractivity contribution in [2.24, 2.45) is 0 Å². The normalized spacial score (nSPS) is 17.2. The van der Waals surface area contributed by atoms with Gasteiger partial charge in [-0.2, -0.15) is 0 Å². The number of ether oxygens (including phenoxy) is 2. The molecule has 23 heavy (non-hydrogen) atoms. The van der Waals surface area contributed by atoms with E-state index in [1.807, 2.05) is 0 Å². The van der Waals surface area contributed by atoms with Crippen molar-refractivity contribution in [2.75, 3.05) is 19.8 Å². The first kappa shape index (κ1) is 20.7.